The molecule has 148 valence electrons. The number of alkyl halides is 1. The van der Waals surface area contributed by atoms with Crippen LogP contribution in [0.3, 0.4) is 0 Å². The minimum Gasteiger partial charge on any atom is -0.455 e. The molecule has 0 aliphatic heterocycles. The van der Waals surface area contributed by atoms with Crippen molar-refractivity contribution < 1.29 is 14.3 Å². The first-order chi connectivity index (χ1) is 13.4. The molecule has 5 aliphatic rings. The van der Waals surface area contributed by atoms with E-state index in [2.05, 4.69) is 27.3 Å². The molecule has 1 N–H and O–H groups in total. The molecule has 6 rings (SSSR count). The van der Waals surface area contributed by atoms with E-state index in [1.807, 2.05) is 0 Å². The summed E-state index contributed by atoms with van der Waals surface area (Å²) >= 11 is 5.39. The minimum atomic E-state index is -0.421. The molecule has 1 aromatic heterocycles. The minimum absolute atomic E-state index is 0.0809. The number of rotatable bonds is 4. The summed E-state index contributed by atoms with van der Waals surface area (Å²) in [6.07, 6.45) is 9.09. The Balaban J connectivity index is 1.23. The number of hydrogen-bond acceptors (Lipinski definition) is 5. The first kappa shape index (κ1) is 18.6. The third-order valence-electron chi connectivity index (χ3n) is 7.04. The fraction of sp³-hybridized carbons (Fsp3) is 0.667. The molecule has 1 heterocycles. The van der Waals surface area contributed by atoms with Gasteiger partial charge in [-0.3, -0.25) is 9.59 Å². The standard InChI is InChI=1S/C21H23BrN2O3S/c22-21-7-12-4-13(8-21)6-20(5-12,11-21)19(26)27-10-17(25)24-18-15(9-23)14-2-1-3-16(14)28-18/h12-13H,1-8,10-11H2,(H,24,25). The lowest BCUT2D eigenvalue weighted by Gasteiger charge is -2.58. The Kier molecular flexibility index (Phi) is 4.37. The average Bonchev–Trinajstić information content (AvgIpc) is 3.18. The van der Waals surface area contributed by atoms with Crippen LogP contribution in [0.5, 0.6) is 0 Å². The van der Waals surface area contributed by atoms with Crippen molar-refractivity contribution in [3.05, 3.63) is 16.0 Å². The molecule has 1 aromatic rings. The van der Waals surface area contributed by atoms with E-state index in [9.17, 15) is 14.9 Å². The van der Waals surface area contributed by atoms with Crippen molar-refractivity contribution in [2.75, 3.05) is 11.9 Å². The molecule has 4 saturated carbocycles. The zero-order valence-corrected chi connectivity index (χ0v) is 18.1. The Morgan fingerprint density at radius 2 is 2.00 bits per heavy atom. The van der Waals surface area contributed by atoms with Gasteiger partial charge in [0, 0.05) is 9.20 Å². The van der Waals surface area contributed by atoms with Gasteiger partial charge < -0.3 is 10.1 Å². The van der Waals surface area contributed by atoms with Gasteiger partial charge in [-0.2, -0.15) is 5.26 Å². The third-order valence-corrected chi connectivity index (χ3v) is 9.18. The van der Waals surface area contributed by atoms with Gasteiger partial charge in [0.1, 0.15) is 11.1 Å². The molecule has 0 saturated heterocycles. The van der Waals surface area contributed by atoms with E-state index in [1.54, 1.807) is 0 Å². The van der Waals surface area contributed by atoms with Crippen molar-refractivity contribution in [2.45, 2.75) is 62.1 Å². The maximum Gasteiger partial charge on any atom is 0.312 e. The number of anilines is 1. The average molecular weight is 463 g/mol. The number of halogens is 1. The van der Waals surface area contributed by atoms with Crippen LogP contribution < -0.4 is 5.32 Å². The summed E-state index contributed by atoms with van der Waals surface area (Å²) in [4.78, 5) is 26.6. The molecule has 2 atom stereocenters. The number of fused-ring (bicyclic) bond motifs is 1. The fourth-order valence-corrected chi connectivity index (χ4v) is 9.16. The molecule has 2 unspecified atom stereocenters. The van der Waals surface area contributed by atoms with Gasteiger partial charge in [-0.1, -0.05) is 15.9 Å². The first-order valence-electron chi connectivity index (χ1n) is 10.1. The van der Waals surface area contributed by atoms with E-state index >= 15 is 0 Å². The van der Waals surface area contributed by atoms with E-state index < -0.39 is 5.41 Å². The maximum absolute atomic E-state index is 13.0. The highest BCUT2D eigenvalue weighted by molar-refractivity contribution is 9.10. The highest BCUT2D eigenvalue weighted by Gasteiger charge is 2.60. The number of aryl methyl sites for hydroxylation is 1. The molecule has 7 heteroatoms. The summed E-state index contributed by atoms with van der Waals surface area (Å²) in [6.45, 7) is -0.279. The largest absolute Gasteiger partial charge is 0.455 e. The summed E-state index contributed by atoms with van der Waals surface area (Å²) < 4.78 is 5.59. The van der Waals surface area contributed by atoms with Crippen molar-refractivity contribution in [1.29, 1.82) is 5.26 Å². The van der Waals surface area contributed by atoms with Gasteiger partial charge in [0.05, 0.1) is 11.0 Å². The Morgan fingerprint density at radius 3 is 2.68 bits per heavy atom. The summed E-state index contributed by atoms with van der Waals surface area (Å²) in [5, 5.41) is 12.8. The monoisotopic (exact) mass is 462 g/mol. The molecule has 4 fully saturated rings. The Labute approximate surface area is 176 Å². The Morgan fingerprint density at radius 1 is 1.25 bits per heavy atom. The molecule has 28 heavy (non-hydrogen) atoms. The SMILES string of the molecule is N#Cc1c(NC(=O)COC(=O)C23CC4CC(CC(Br)(C4)C2)C3)sc2c1CCC2. The first-order valence-corrected chi connectivity index (χ1v) is 11.7. The van der Waals surface area contributed by atoms with Gasteiger partial charge in [0.2, 0.25) is 0 Å². The topological polar surface area (TPSA) is 79.2 Å². The normalized spacial score (nSPS) is 34.7. The van der Waals surface area contributed by atoms with E-state index in [-0.39, 0.29) is 22.8 Å². The molecule has 0 spiro atoms. The van der Waals surface area contributed by atoms with Crippen LogP contribution in [0.1, 0.15) is 60.9 Å². The van der Waals surface area contributed by atoms with Crippen molar-refractivity contribution in [2.24, 2.45) is 17.3 Å². The Hall–Kier alpha value is -1.39. The van der Waals surface area contributed by atoms with E-state index in [0.717, 1.165) is 56.9 Å². The Bertz CT molecular complexity index is 888. The van der Waals surface area contributed by atoms with Crippen LogP contribution in [-0.2, 0) is 27.2 Å². The van der Waals surface area contributed by atoms with Crippen LogP contribution >= 0.6 is 27.3 Å². The van der Waals surface area contributed by atoms with Crippen LogP contribution in [0.25, 0.3) is 0 Å². The number of hydrogen-bond donors (Lipinski definition) is 1. The highest BCUT2D eigenvalue weighted by Crippen LogP contribution is 2.64. The number of amides is 1. The van der Waals surface area contributed by atoms with Gasteiger partial charge in [0.25, 0.3) is 5.91 Å². The highest BCUT2D eigenvalue weighted by atomic mass is 79.9. The van der Waals surface area contributed by atoms with Crippen molar-refractivity contribution >= 4 is 44.1 Å². The third kappa shape index (κ3) is 3.00. The smallest absolute Gasteiger partial charge is 0.312 e. The lowest BCUT2D eigenvalue weighted by atomic mass is 9.49. The van der Waals surface area contributed by atoms with Crippen molar-refractivity contribution in [3.8, 4) is 6.07 Å². The number of nitrogens with zero attached hydrogens (tertiary/aromatic N) is 1. The predicted octanol–water partition coefficient (Wildman–Crippen LogP) is 4.32. The van der Waals surface area contributed by atoms with Gasteiger partial charge in [-0.15, -0.1) is 11.3 Å². The molecule has 5 nitrogen and oxygen atoms in total. The predicted molar refractivity (Wildman–Crippen MR) is 109 cm³/mol. The number of nitriles is 1. The van der Waals surface area contributed by atoms with E-state index in [4.69, 9.17) is 4.74 Å². The molecule has 0 radical (unpaired) electrons. The van der Waals surface area contributed by atoms with Crippen LogP contribution in [-0.4, -0.2) is 22.8 Å². The van der Waals surface area contributed by atoms with Crippen molar-refractivity contribution in [1.82, 2.24) is 0 Å². The van der Waals surface area contributed by atoms with Crippen LogP contribution in [0.15, 0.2) is 0 Å². The molecular formula is C21H23BrN2O3S. The maximum atomic E-state index is 13.0. The molecule has 5 aliphatic carbocycles. The number of carbonyl (C=O) groups is 2. The second kappa shape index (κ2) is 6.56. The molecule has 1 amide bonds. The van der Waals surface area contributed by atoms with Gasteiger partial charge in [-0.25, -0.2) is 0 Å². The summed E-state index contributed by atoms with van der Waals surface area (Å²) in [6, 6.07) is 2.22. The summed E-state index contributed by atoms with van der Waals surface area (Å²) in [7, 11) is 0. The zero-order chi connectivity index (χ0) is 19.5. The van der Waals surface area contributed by atoms with E-state index in [0.29, 0.717) is 22.4 Å². The lowest BCUT2D eigenvalue weighted by molar-refractivity contribution is -0.170. The van der Waals surface area contributed by atoms with Crippen LogP contribution in [0, 0.1) is 28.6 Å². The van der Waals surface area contributed by atoms with Crippen LogP contribution in [0.4, 0.5) is 5.00 Å². The van der Waals surface area contributed by atoms with Crippen molar-refractivity contribution in [3.63, 3.8) is 0 Å². The quantitative estimate of drug-likeness (QED) is 0.533. The summed E-state index contributed by atoms with van der Waals surface area (Å²) in [5.74, 6) is 0.611. The molecule has 0 aromatic carbocycles. The number of carbonyl (C=O) groups excluding carboxylic acids is 2. The van der Waals surface area contributed by atoms with Gasteiger partial charge >= 0.3 is 5.97 Å². The van der Waals surface area contributed by atoms with E-state index in [1.165, 1.54) is 22.6 Å². The second-order valence-corrected chi connectivity index (χ2v) is 12.0. The zero-order valence-electron chi connectivity index (χ0n) is 15.7. The number of ether oxygens (including phenoxy) is 1. The number of nitrogens with one attached hydrogen (secondary N) is 1. The van der Waals surface area contributed by atoms with Gasteiger partial charge in [-0.05, 0) is 75.2 Å². The number of thiophene rings is 1. The second-order valence-electron chi connectivity index (χ2n) is 9.19. The lowest BCUT2D eigenvalue weighted by Crippen LogP contribution is -2.56. The van der Waals surface area contributed by atoms with Gasteiger partial charge in [0.15, 0.2) is 6.61 Å². The summed E-state index contributed by atoms with van der Waals surface area (Å²) in [5.41, 5.74) is 1.24. The van der Waals surface area contributed by atoms with Crippen LogP contribution in [0.2, 0.25) is 0 Å². The fourth-order valence-electron chi connectivity index (χ4n) is 6.45. The molecular weight excluding hydrogens is 440 g/mol. The molecule has 4 bridgehead atoms. The number of esters is 1.